The third-order valence-electron chi connectivity index (χ3n) is 6.92. The van der Waals surface area contributed by atoms with E-state index in [2.05, 4.69) is 98.0 Å². The molecule has 2 aromatic rings. The van der Waals surface area contributed by atoms with Crippen LogP contribution in [-0.4, -0.2) is 49.9 Å². The monoisotopic (exact) mass is 518 g/mol. The average Bonchev–Trinajstić information content (AvgIpc) is 2.94. The van der Waals surface area contributed by atoms with E-state index in [4.69, 9.17) is 16.3 Å². The summed E-state index contributed by atoms with van der Waals surface area (Å²) in [5.74, 6) is 0. The molecule has 1 aliphatic carbocycles. The van der Waals surface area contributed by atoms with E-state index in [0.29, 0.717) is 12.1 Å². The van der Waals surface area contributed by atoms with Crippen molar-refractivity contribution in [2.75, 3.05) is 12.3 Å². The molecule has 2 aliphatic rings. The van der Waals surface area contributed by atoms with Gasteiger partial charge in [-0.3, -0.25) is 0 Å². The van der Waals surface area contributed by atoms with Gasteiger partial charge in [0.1, 0.15) is 0 Å². The second kappa shape index (κ2) is 9.61. The lowest BCUT2D eigenvalue weighted by atomic mass is 9.90. The summed E-state index contributed by atoms with van der Waals surface area (Å²) in [4.78, 5) is 0. The van der Waals surface area contributed by atoms with Gasteiger partial charge in [-0.1, -0.05) is 88.5 Å². The molecule has 1 saturated carbocycles. The Bertz CT molecular complexity index is 999. The van der Waals surface area contributed by atoms with Gasteiger partial charge in [-0.05, 0) is 54.0 Å². The van der Waals surface area contributed by atoms with Crippen molar-refractivity contribution in [2.45, 2.75) is 90.1 Å². The van der Waals surface area contributed by atoms with E-state index in [1.165, 1.54) is 42.0 Å². The van der Waals surface area contributed by atoms with Crippen LogP contribution < -0.4 is 0 Å². The first kappa shape index (κ1) is 25.7. The van der Waals surface area contributed by atoms with Gasteiger partial charge < -0.3 is 4.52 Å². The van der Waals surface area contributed by atoms with Crippen LogP contribution in [0.5, 0.6) is 0 Å². The standard InChI is InChI=1S/C26H43N2OPSSi2/c1-21(23-17-16-22-12-8-9-13-24(22)18-23)29-30(31)27(19-32(2,3)4)25-14-10-11-15-26(25)28(30)20-33(5,6)7/h8-9,12-13,16-18,21,25-26H,10-11,14-15,19-20H2,1-7H3/t21-,25-,26-/m1/s1. The fraction of sp³-hybridized carbons (Fsp3) is 0.615. The van der Waals surface area contributed by atoms with Gasteiger partial charge in [-0.25, -0.2) is 9.34 Å². The van der Waals surface area contributed by atoms with Gasteiger partial charge in [-0.15, -0.1) is 0 Å². The Morgan fingerprint density at radius 2 is 1.39 bits per heavy atom. The summed E-state index contributed by atoms with van der Waals surface area (Å²) in [5.41, 5.74) is 1.24. The van der Waals surface area contributed by atoms with Gasteiger partial charge >= 0.3 is 0 Å². The Morgan fingerprint density at radius 3 is 1.91 bits per heavy atom. The molecule has 1 aliphatic heterocycles. The zero-order chi connectivity index (χ0) is 24.0. The van der Waals surface area contributed by atoms with Crippen molar-refractivity contribution in [3.8, 4) is 0 Å². The summed E-state index contributed by atoms with van der Waals surface area (Å²) in [6.45, 7) is 14.8. The van der Waals surface area contributed by atoms with Crippen molar-refractivity contribution in [1.29, 1.82) is 0 Å². The highest BCUT2D eigenvalue weighted by Crippen LogP contribution is 2.66. The fourth-order valence-corrected chi connectivity index (χ4v) is 16.4. The highest BCUT2D eigenvalue weighted by molar-refractivity contribution is 8.10. The van der Waals surface area contributed by atoms with Crippen molar-refractivity contribution in [3.05, 3.63) is 48.0 Å². The molecule has 3 atom stereocenters. The molecule has 182 valence electrons. The van der Waals surface area contributed by atoms with Crippen LogP contribution in [0.4, 0.5) is 0 Å². The number of fused-ring (bicyclic) bond motifs is 2. The molecule has 0 amide bonds. The van der Waals surface area contributed by atoms with Crippen LogP contribution in [0.1, 0.15) is 44.3 Å². The Morgan fingerprint density at radius 1 is 0.879 bits per heavy atom. The quantitative estimate of drug-likeness (QED) is 0.274. The first-order valence-electron chi connectivity index (χ1n) is 12.7. The van der Waals surface area contributed by atoms with Gasteiger partial charge in [0, 0.05) is 24.4 Å². The molecule has 0 bridgehead atoms. The predicted molar refractivity (Wildman–Crippen MR) is 154 cm³/mol. The normalized spacial score (nSPS) is 25.3. The number of rotatable bonds is 7. The molecule has 2 aromatic carbocycles. The van der Waals surface area contributed by atoms with Crippen molar-refractivity contribution < 1.29 is 4.52 Å². The average molecular weight is 519 g/mol. The second-order valence-electron chi connectivity index (χ2n) is 12.6. The Hall–Kier alpha value is -0.336. The highest BCUT2D eigenvalue weighted by Gasteiger charge is 2.55. The molecule has 1 heterocycles. The number of hydrogen-bond donors (Lipinski definition) is 0. The Labute approximate surface area is 209 Å². The van der Waals surface area contributed by atoms with E-state index >= 15 is 0 Å². The fourth-order valence-electron chi connectivity index (χ4n) is 5.54. The smallest absolute Gasteiger partial charge is 0.204 e. The van der Waals surface area contributed by atoms with Crippen molar-refractivity contribution in [2.24, 2.45) is 0 Å². The van der Waals surface area contributed by atoms with Gasteiger partial charge in [0.25, 0.3) is 0 Å². The van der Waals surface area contributed by atoms with Crippen LogP contribution >= 0.6 is 6.57 Å². The summed E-state index contributed by atoms with van der Waals surface area (Å²) in [5, 5.41) is 2.56. The van der Waals surface area contributed by atoms with Crippen molar-refractivity contribution >= 4 is 45.3 Å². The molecule has 1 saturated heterocycles. The maximum absolute atomic E-state index is 7.16. The number of nitrogens with zero attached hydrogens (tertiary/aromatic N) is 2. The molecule has 2 fully saturated rings. The highest BCUT2D eigenvalue weighted by atomic mass is 32.5. The van der Waals surface area contributed by atoms with Crippen LogP contribution in [0.3, 0.4) is 0 Å². The van der Waals surface area contributed by atoms with Gasteiger partial charge in [-0.2, -0.15) is 0 Å². The van der Waals surface area contributed by atoms with E-state index in [-0.39, 0.29) is 6.10 Å². The summed E-state index contributed by atoms with van der Waals surface area (Å²) < 4.78 is 12.7. The molecule has 0 unspecified atom stereocenters. The lowest BCUT2D eigenvalue weighted by molar-refractivity contribution is 0.218. The van der Waals surface area contributed by atoms with Crippen LogP contribution in [0.15, 0.2) is 42.5 Å². The molecule has 33 heavy (non-hydrogen) atoms. The van der Waals surface area contributed by atoms with E-state index in [9.17, 15) is 0 Å². The summed E-state index contributed by atoms with van der Waals surface area (Å²) in [7, 11) is -2.70. The zero-order valence-corrected chi connectivity index (χ0v) is 25.4. The van der Waals surface area contributed by atoms with Crippen LogP contribution in [0, 0.1) is 0 Å². The predicted octanol–water partition coefficient (Wildman–Crippen LogP) is 7.83. The summed E-state index contributed by atoms with van der Waals surface area (Å²) in [6, 6.07) is 16.5. The third-order valence-corrected chi connectivity index (χ3v) is 14.3. The maximum Gasteiger partial charge on any atom is 0.204 e. The molecule has 0 radical (unpaired) electrons. The second-order valence-corrected chi connectivity index (χ2v) is 27.1. The first-order valence-corrected chi connectivity index (χ1v) is 22.7. The van der Waals surface area contributed by atoms with Gasteiger partial charge in [0.15, 0.2) is 0 Å². The molecule has 3 nitrogen and oxygen atoms in total. The maximum atomic E-state index is 7.16. The largest absolute Gasteiger partial charge is 0.319 e. The minimum atomic E-state index is -2.30. The molecule has 7 heteroatoms. The minimum absolute atomic E-state index is 0.00568. The third kappa shape index (κ3) is 5.74. The van der Waals surface area contributed by atoms with Crippen molar-refractivity contribution in [1.82, 2.24) is 9.34 Å². The molecule has 0 N–H and O–H groups in total. The molecular weight excluding hydrogens is 476 g/mol. The summed E-state index contributed by atoms with van der Waals surface area (Å²) >= 11 is 6.72. The molecule has 4 rings (SSSR count). The van der Waals surface area contributed by atoms with Crippen molar-refractivity contribution in [3.63, 3.8) is 0 Å². The van der Waals surface area contributed by atoms with Crippen LogP contribution in [-0.2, 0) is 16.3 Å². The molecule has 0 aromatic heterocycles. The lowest BCUT2D eigenvalue weighted by Crippen LogP contribution is -2.46. The van der Waals surface area contributed by atoms with E-state index in [1.807, 2.05) is 0 Å². The molecule has 0 spiro atoms. The Kier molecular flexibility index (Phi) is 7.50. The number of hydrogen-bond acceptors (Lipinski definition) is 2. The molecular formula is C26H43N2OPSSi2. The van der Waals surface area contributed by atoms with Gasteiger partial charge in [0.2, 0.25) is 6.57 Å². The SMILES string of the molecule is C[C@@H](OP1(=S)N(C[Si](C)(C)C)[C@@H]2CCCC[C@H]2N1C[Si](C)(C)C)c1ccc2ccccc2c1. The van der Waals surface area contributed by atoms with Crippen LogP contribution in [0.2, 0.25) is 39.3 Å². The van der Waals surface area contributed by atoms with E-state index in [1.54, 1.807) is 0 Å². The lowest BCUT2D eigenvalue weighted by Gasteiger charge is -2.40. The van der Waals surface area contributed by atoms with Crippen LogP contribution in [0.25, 0.3) is 10.8 Å². The van der Waals surface area contributed by atoms with E-state index < -0.39 is 22.7 Å². The Balaban J connectivity index is 1.72. The minimum Gasteiger partial charge on any atom is -0.319 e. The number of benzene rings is 2. The first-order chi connectivity index (χ1) is 15.4. The van der Waals surface area contributed by atoms with E-state index in [0.717, 1.165) is 12.3 Å². The topological polar surface area (TPSA) is 15.7 Å². The van der Waals surface area contributed by atoms with Gasteiger partial charge in [0.05, 0.1) is 22.3 Å². The summed E-state index contributed by atoms with van der Waals surface area (Å²) in [6.07, 6.45) is 7.52. The zero-order valence-electron chi connectivity index (χ0n) is 21.7.